The molecule has 3 heterocycles. The Bertz CT molecular complexity index is 328. The summed E-state index contributed by atoms with van der Waals surface area (Å²) in [6.45, 7) is 0.925. The molecule has 2 unspecified atom stereocenters. The first kappa shape index (κ1) is 11.2. The lowest BCUT2D eigenvalue weighted by atomic mass is 10.1. The summed E-state index contributed by atoms with van der Waals surface area (Å²) < 4.78 is 25.5. The number of hydrogen-bond donors (Lipinski definition) is 0. The van der Waals surface area contributed by atoms with E-state index in [1.54, 1.807) is 0 Å². The van der Waals surface area contributed by atoms with E-state index in [0.717, 1.165) is 25.9 Å². The Labute approximate surface area is 99.1 Å². The van der Waals surface area contributed by atoms with Crippen LogP contribution in [0.3, 0.4) is 0 Å². The van der Waals surface area contributed by atoms with Gasteiger partial charge in [0.2, 0.25) is 0 Å². The number of alkyl halides is 2. The number of piperazine rings is 1. The zero-order valence-electron chi connectivity index (χ0n) is 9.90. The lowest BCUT2D eigenvalue weighted by Crippen LogP contribution is -2.65. The van der Waals surface area contributed by atoms with Gasteiger partial charge in [0.25, 0.3) is 5.92 Å². The van der Waals surface area contributed by atoms with Crippen LogP contribution in [-0.4, -0.2) is 72.0 Å². The molecule has 0 aromatic carbocycles. The Balaban J connectivity index is 1.67. The smallest absolute Gasteiger partial charge is 0.316 e. The van der Waals surface area contributed by atoms with Gasteiger partial charge in [0.1, 0.15) is 0 Å². The molecule has 17 heavy (non-hydrogen) atoms. The number of carbonyl (C=O) groups excluding carboxylic acids is 1. The first-order chi connectivity index (χ1) is 7.96. The largest absolute Gasteiger partial charge is 0.321 e. The lowest BCUT2D eigenvalue weighted by Gasteiger charge is -2.46. The van der Waals surface area contributed by atoms with Crippen molar-refractivity contribution in [3.05, 3.63) is 0 Å². The maximum Gasteiger partial charge on any atom is 0.321 e. The fourth-order valence-electron chi connectivity index (χ4n) is 3.24. The van der Waals surface area contributed by atoms with Gasteiger partial charge in [0.15, 0.2) is 0 Å². The number of urea groups is 1. The summed E-state index contributed by atoms with van der Waals surface area (Å²) in [4.78, 5) is 17.5. The zero-order valence-corrected chi connectivity index (χ0v) is 9.90. The summed E-state index contributed by atoms with van der Waals surface area (Å²) in [5.41, 5.74) is 0. The third kappa shape index (κ3) is 1.78. The zero-order chi connectivity index (χ0) is 12.2. The maximum absolute atomic E-state index is 12.8. The number of rotatable bonds is 0. The van der Waals surface area contributed by atoms with Crippen molar-refractivity contribution in [3.8, 4) is 0 Å². The van der Waals surface area contributed by atoms with Crippen LogP contribution in [0.1, 0.15) is 12.8 Å². The molecule has 2 amide bonds. The molecule has 0 aromatic rings. The van der Waals surface area contributed by atoms with Gasteiger partial charge in [-0.3, -0.25) is 0 Å². The van der Waals surface area contributed by atoms with Crippen LogP contribution in [0.4, 0.5) is 13.6 Å². The Morgan fingerprint density at radius 3 is 2.18 bits per heavy atom. The molecule has 3 fully saturated rings. The first-order valence-corrected chi connectivity index (χ1v) is 6.10. The first-order valence-electron chi connectivity index (χ1n) is 6.10. The van der Waals surface area contributed by atoms with Gasteiger partial charge in [-0.2, -0.15) is 0 Å². The average molecular weight is 245 g/mol. The summed E-state index contributed by atoms with van der Waals surface area (Å²) in [5.74, 6) is -2.67. The van der Waals surface area contributed by atoms with Crippen LogP contribution in [0, 0.1) is 0 Å². The minimum Gasteiger partial charge on any atom is -0.316 e. The molecule has 3 rings (SSSR count). The van der Waals surface area contributed by atoms with Crippen LogP contribution < -0.4 is 0 Å². The summed E-state index contributed by atoms with van der Waals surface area (Å²) in [6, 6.07) is 0.262. The van der Waals surface area contributed by atoms with Gasteiger partial charge in [0.05, 0.1) is 13.1 Å². The van der Waals surface area contributed by atoms with E-state index < -0.39 is 19.0 Å². The van der Waals surface area contributed by atoms with E-state index in [1.807, 2.05) is 11.9 Å². The highest BCUT2D eigenvalue weighted by molar-refractivity contribution is 5.77. The Morgan fingerprint density at radius 1 is 1.18 bits per heavy atom. The van der Waals surface area contributed by atoms with E-state index in [4.69, 9.17) is 0 Å². The molecule has 0 aromatic heterocycles. The van der Waals surface area contributed by atoms with Gasteiger partial charge in [-0.25, -0.2) is 13.6 Å². The van der Waals surface area contributed by atoms with E-state index in [1.165, 1.54) is 4.90 Å². The number of nitrogens with zero attached hydrogens (tertiary/aromatic N) is 3. The van der Waals surface area contributed by atoms with Gasteiger partial charge in [-0.05, 0) is 19.9 Å². The van der Waals surface area contributed by atoms with E-state index in [-0.39, 0.29) is 18.1 Å². The number of halogens is 2. The van der Waals surface area contributed by atoms with Crippen molar-refractivity contribution in [2.75, 3.05) is 33.2 Å². The number of hydrogen-bond acceptors (Lipinski definition) is 2. The number of likely N-dealkylation sites (tertiary alicyclic amines) is 2. The fourth-order valence-corrected chi connectivity index (χ4v) is 3.24. The van der Waals surface area contributed by atoms with Crippen LogP contribution >= 0.6 is 0 Å². The molecule has 4 nitrogen and oxygen atoms in total. The number of amides is 2. The SMILES string of the molecule is CN1CC2CCC(C1)N2C(=O)N1CC(F)(F)C1. The predicted molar refractivity (Wildman–Crippen MR) is 58.1 cm³/mol. The van der Waals surface area contributed by atoms with Crippen LogP contribution in [0.5, 0.6) is 0 Å². The van der Waals surface area contributed by atoms with Crippen LogP contribution in [0.15, 0.2) is 0 Å². The molecule has 0 N–H and O–H groups in total. The van der Waals surface area contributed by atoms with Crippen molar-refractivity contribution < 1.29 is 13.6 Å². The molecule has 2 atom stereocenters. The van der Waals surface area contributed by atoms with Crippen LogP contribution in [0.2, 0.25) is 0 Å². The predicted octanol–water partition coefficient (Wildman–Crippen LogP) is 0.836. The van der Waals surface area contributed by atoms with E-state index in [9.17, 15) is 13.6 Å². The Hall–Kier alpha value is -0.910. The van der Waals surface area contributed by atoms with Crippen molar-refractivity contribution in [1.29, 1.82) is 0 Å². The molecule has 96 valence electrons. The minimum absolute atomic E-state index is 0.184. The molecule has 0 spiro atoms. The summed E-state index contributed by atoms with van der Waals surface area (Å²) in [5, 5.41) is 0. The normalized spacial score (nSPS) is 35.9. The minimum atomic E-state index is -2.67. The molecule has 0 radical (unpaired) electrons. The van der Waals surface area contributed by atoms with Crippen molar-refractivity contribution >= 4 is 6.03 Å². The van der Waals surface area contributed by atoms with Gasteiger partial charge >= 0.3 is 6.03 Å². The molecule has 3 aliphatic heterocycles. The number of carbonyl (C=O) groups is 1. The van der Waals surface area contributed by atoms with Crippen molar-refractivity contribution in [3.63, 3.8) is 0 Å². The monoisotopic (exact) mass is 245 g/mol. The van der Waals surface area contributed by atoms with Crippen molar-refractivity contribution in [2.24, 2.45) is 0 Å². The third-order valence-corrected chi connectivity index (χ3v) is 4.00. The summed E-state index contributed by atoms with van der Waals surface area (Å²) in [6.07, 6.45) is 2.01. The lowest BCUT2D eigenvalue weighted by molar-refractivity contribution is -0.116. The van der Waals surface area contributed by atoms with Gasteiger partial charge < -0.3 is 14.7 Å². The van der Waals surface area contributed by atoms with Gasteiger partial charge in [0, 0.05) is 25.2 Å². The third-order valence-electron chi connectivity index (χ3n) is 4.00. The molecule has 0 aliphatic carbocycles. The van der Waals surface area contributed by atoms with Crippen molar-refractivity contribution in [1.82, 2.24) is 14.7 Å². The molecule has 2 bridgehead atoms. The molecular weight excluding hydrogens is 228 g/mol. The average Bonchev–Trinajstić information content (AvgIpc) is 2.46. The Kier molecular flexibility index (Phi) is 2.33. The second-order valence-electron chi connectivity index (χ2n) is 5.51. The standard InChI is InChI=1S/C11H17F2N3O/c1-14-4-8-2-3-9(5-14)16(8)10(17)15-6-11(12,13)7-15/h8-9H,2-7H2,1H3. The summed E-state index contributed by atoms with van der Waals surface area (Å²) >= 11 is 0. The number of likely N-dealkylation sites (N-methyl/N-ethyl adjacent to an activating group) is 1. The molecule has 6 heteroatoms. The van der Waals surface area contributed by atoms with Crippen molar-refractivity contribution in [2.45, 2.75) is 30.8 Å². The molecular formula is C11H17F2N3O. The van der Waals surface area contributed by atoms with E-state index >= 15 is 0 Å². The fraction of sp³-hybridized carbons (Fsp3) is 0.909. The highest BCUT2D eigenvalue weighted by atomic mass is 19.3. The molecule has 3 saturated heterocycles. The molecule has 0 saturated carbocycles. The van der Waals surface area contributed by atoms with Gasteiger partial charge in [-0.1, -0.05) is 0 Å². The maximum atomic E-state index is 12.8. The summed E-state index contributed by atoms with van der Waals surface area (Å²) in [7, 11) is 2.05. The molecule has 3 aliphatic rings. The Morgan fingerprint density at radius 2 is 1.71 bits per heavy atom. The second-order valence-corrected chi connectivity index (χ2v) is 5.51. The van der Waals surface area contributed by atoms with E-state index in [0.29, 0.717) is 0 Å². The second kappa shape index (κ2) is 3.54. The van der Waals surface area contributed by atoms with Gasteiger partial charge in [-0.15, -0.1) is 0 Å². The highest BCUT2D eigenvalue weighted by Gasteiger charge is 2.51. The number of fused-ring (bicyclic) bond motifs is 2. The van der Waals surface area contributed by atoms with Crippen LogP contribution in [-0.2, 0) is 0 Å². The van der Waals surface area contributed by atoms with Crippen LogP contribution in [0.25, 0.3) is 0 Å². The topological polar surface area (TPSA) is 26.8 Å². The highest BCUT2D eigenvalue weighted by Crippen LogP contribution is 2.34. The van der Waals surface area contributed by atoms with E-state index in [2.05, 4.69) is 4.90 Å². The quantitative estimate of drug-likeness (QED) is 0.632.